The van der Waals surface area contributed by atoms with Gasteiger partial charge in [-0.05, 0) is 73.5 Å². The Labute approximate surface area is 275 Å². The second-order valence-corrected chi connectivity index (χ2v) is 22.6. The number of allylic oxidation sites excluding steroid dienone is 1. The number of sulfonamides is 1. The van der Waals surface area contributed by atoms with E-state index >= 15 is 4.79 Å². The molecule has 6 nitrogen and oxygen atoms in total. The van der Waals surface area contributed by atoms with Gasteiger partial charge in [0, 0.05) is 50.3 Å². The Morgan fingerprint density at radius 2 is 1.80 bits per heavy atom. The summed E-state index contributed by atoms with van der Waals surface area (Å²) in [4.78, 5) is 17.1. The predicted octanol–water partition coefficient (Wildman–Crippen LogP) is 8.17. The van der Waals surface area contributed by atoms with Gasteiger partial charge in [0.2, 0.25) is 15.9 Å². The Morgan fingerprint density at radius 1 is 1.11 bits per heavy atom. The molecule has 242 valence electrons. The lowest BCUT2D eigenvalue weighted by Crippen LogP contribution is -2.59. The first-order chi connectivity index (χ1) is 20.7. The molecule has 44 heavy (non-hydrogen) atoms. The molecule has 0 bridgehead atoms. The molecule has 1 aliphatic carbocycles. The van der Waals surface area contributed by atoms with Gasteiger partial charge in [0.05, 0.1) is 23.3 Å². The smallest absolute Gasteiger partial charge is 0.232 e. The average Bonchev–Trinajstić information content (AvgIpc) is 3.82. The van der Waals surface area contributed by atoms with Gasteiger partial charge in [-0.2, -0.15) is 0 Å². The molecule has 0 radical (unpaired) electrons. The van der Waals surface area contributed by atoms with E-state index in [2.05, 4.69) is 32.3 Å². The fourth-order valence-corrected chi connectivity index (χ4v) is 9.11. The van der Waals surface area contributed by atoms with E-state index < -0.39 is 23.5 Å². The summed E-state index contributed by atoms with van der Waals surface area (Å²) in [6.45, 7) is 14.1. The highest BCUT2D eigenvalue weighted by molar-refractivity contribution is 7.90. The van der Waals surface area contributed by atoms with Crippen LogP contribution in [0.15, 0.2) is 61.2 Å². The van der Waals surface area contributed by atoms with Crippen molar-refractivity contribution in [2.45, 2.75) is 88.0 Å². The van der Waals surface area contributed by atoms with Crippen LogP contribution in [0, 0.1) is 5.41 Å². The van der Waals surface area contributed by atoms with Gasteiger partial charge in [-0.15, -0.1) is 6.58 Å². The zero-order valence-electron chi connectivity index (χ0n) is 26.8. The molecule has 2 aromatic rings. The molecule has 1 heterocycles. The van der Waals surface area contributed by atoms with Crippen molar-refractivity contribution in [3.8, 4) is 0 Å². The number of amides is 1. The van der Waals surface area contributed by atoms with Gasteiger partial charge in [0.1, 0.15) is 0 Å². The summed E-state index contributed by atoms with van der Waals surface area (Å²) in [5.41, 5.74) is 1.11. The fraction of sp³-hybridized carbons (Fsp3) is 0.559. The molecule has 10 heteroatoms. The van der Waals surface area contributed by atoms with Gasteiger partial charge in [0.25, 0.3) is 0 Å². The van der Waals surface area contributed by atoms with Gasteiger partial charge in [-0.1, -0.05) is 80.1 Å². The minimum Gasteiger partial charge on any atom is -0.381 e. The Hall–Kier alpha value is -1.68. The monoisotopic (exact) mass is 678 g/mol. The van der Waals surface area contributed by atoms with E-state index in [1.165, 1.54) is 4.31 Å². The molecule has 1 aliphatic heterocycles. The maximum atomic E-state index is 15.1. The molecule has 1 unspecified atom stereocenters. The molecular weight excluding hydrogens is 631 g/mol. The van der Waals surface area contributed by atoms with E-state index in [1.807, 2.05) is 60.4 Å². The summed E-state index contributed by atoms with van der Waals surface area (Å²) in [5, 5.41) is 0.914. The third kappa shape index (κ3) is 8.17. The van der Waals surface area contributed by atoms with E-state index in [-0.39, 0.29) is 42.3 Å². The first-order valence-corrected chi connectivity index (χ1v) is 21.7. The number of nitrogens with zero attached hydrogens (tertiary/aromatic N) is 2. The van der Waals surface area contributed by atoms with E-state index in [0.29, 0.717) is 48.8 Å². The first kappa shape index (κ1) is 35.2. The number of halogens is 2. The van der Waals surface area contributed by atoms with Crippen molar-refractivity contribution >= 4 is 47.2 Å². The highest BCUT2D eigenvalue weighted by Gasteiger charge is 2.54. The topological polar surface area (TPSA) is 66.9 Å². The molecule has 1 saturated heterocycles. The number of rotatable bonds is 15. The number of hydrogen-bond acceptors (Lipinski definition) is 4. The highest BCUT2D eigenvalue weighted by Crippen LogP contribution is 2.53. The molecule has 0 aromatic heterocycles. The van der Waals surface area contributed by atoms with Crippen molar-refractivity contribution in [3.63, 3.8) is 0 Å². The van der Waals surface area contributed by atoms with Crippen LogP contribution < -0.4 is 0 Å². The van der Waals surface area contributed by atoms with Crippen molar-refractivity contribution in [2.75, 3.05) is 26.8 Å². The molecule has 4 atom stereocenters. The number of benzene rings is 2. The van der Waals surface area contributed by atoms with Crippen LogP contribution >= 0.6 is 23.2 Å². The van der Waals surface area contributed by atoms with E-state index in [0.717, 1.165) is 17.2 Å². The van der Waals surface area contributed by atoms with Gasteiger partial charge >= 0.3 is 0 Å². The predicted molar refractivity (Wildman–Crippen MR) is 185 cm³/mol. The van der Waals surface area contributed by atoms with Gasteiger partial charge in [-0.25, -0.2) is 12.7 Å². The molecule has 4 rings (SSSR count). The summed E-state index contributed by atoms with van der Waals surface area (Å²) in [7, 11) is -3.13. The lowest BCUT2D eigenvalue weighted by Gasteiger charge is -2.53. The molecular formula is C34H48Cl2N2O4SSi. The number of likely N-dealkylation sites (tertiary alicyclic amines) is 1. The van der Waals surface area contributed by atoms with Crippen LogP contribution in [0.1, 0.15) is 62.1 Å². The number of carbonyl (C=O) groups is 1. The average molecular weight is 680 g/mol. The summed E-state index contributed by atoms with van der Waals surface area (Å²) in [6, 6.07) is 15.8. The fourth-order valence-electron chi connectivity index (χ4n) is 6.40. The third-order valence-electron chi connectivity index (χ3n) is 9.09. The minimum atomic E-state index is -3.43. The zero-order valence-corrected chi connectivity index (χ0v) is 30.1. The Kier molecular flexibility index (Phi) is 11.5. The molecule has 2 aromatic carbocycles. The maximum absolute atomic E-state index is 15.1. The first-order valence-electron chi connectivity index (χ1n) is 15.7. The largest absolute Gasteiger partial charge is 0.381 e. The van der Waals surface area contributed by atoms with E-state index in [9.17, 15) is 8.42 Å². The summed E-state index contributed by atoms with van der Waals surface area (Å²) in [6.07, 6.45) is 4.78. The van der Waals surface area contributed by atoms with Crippen LogP contribution in [-0.2, 0) is 19.6 Å². The summed E-state index contributed by atoms with van der Waals surface area (Å²) < 4.78 is 34.4. The number of hydrogen-bond donors (Lipinski definition) is 0. The molecule has 1 saturated carbocycles. The molecule has 2 aliphatic rings. The lowest BCUT2D eigenvalue weighted by molar-refractivity contribution is -0.161. The number of ether oxygens (including phenoxy) is 1. The van der Waals surface area contributed by atoms with Crippen molar-refractivity contribution in [2.24, 2.45) is 5.41 Å². The van der Waals surface area contributed by atoms with Crippen molar-refractivity contribution in [1.82, 2.24) is 9.21 Å². The summed E-state index contributed by atoms with van der Waals surface area (Å²) >= 11 is 12.9. The second-order valence-electron chi connectivity index (χ2n) is 13.8. The number of piperidine rings is 1. The van der Waals surface area contributed by atoms with Gasteiger partial charge in [0.15, 0.2) is 0 Å². The van der Waals surface area contributed by atoms with Gasteiger partial charge < -0.3 is 9.64 Å². The quantitative estimate of drug-likeness (QED) is 0.108. The van der Waals surface area contributed by atoms with Crippen LogP contribution in [0.3, 0.4) is 0 Å². The van der Waals surface area contributed by atoms with Crippen LogP contribution in [0.25, 0.3) is 0 Å². The van der Waals surface area contributed by atoms with Crippen LogP contribution in [-0.4, -0.2) is 69.7 Å². The van der Waals surface area contributed by atoms with Crippen molar-refractivity contribution < 1.29 is 17.9 Å². The Bertz CT molecular complexity index is 1410. The van der Waals surface area contributed by atoms with Crippen molar-refractivity contribution in [1.29, 1.82) is 0 Å². The lowest BCUT2D eigenvalue weighted by atomic mass is 9.66. The normalized spacial score (nSPS) is 23.6. The number of carbonyl (C=O) groups excluding carboxylic acids is 1. The highest BCUT2D eigenvalue weighted by atomic mass is 35.5. The Balaban J connectivity index is 1.85. The SMILES string of the molecule is C=CC[C@@]1(COCC[Si](C)(C)C)C[C@H](c2cccc(Cl)c2)[C@@H](c2ccc(Cl)cc2)N(C(CC)CN(C)S(=O)(=O)C2CC2)C1=O. The second kappa shape index (κ2) is 14.4. The molecule has 2 fully saturated rings. The minimum absolute atomic E-state index is 0.0206. The van der Waals surface area contributed by atoms with E-state index in [4.69, 9.17) is 27.9 Å². The molecule has 0 spiro atoms. The van der Waals surface area contributed by atoms with Crippen LogP contribution in [0.4, 0.5) is 0 Å². The van der Waals surface area contributed by atoms with Crippen molar-refractivity contribution in [3.05, 3.63) is 82.4 Å². The Morgan fingerprint density at radius 3 is 2.36 bits per heavy atom. The third-order valence-corrected chi connectivity index (χ3v) is 13.6. The van der Waals surface area contributed by atoms with Crippen LogP contribution in [0.2, 0.25) is 35.7 Å². The van der Waals surface area contributed by atoms with Gasteiger partial charge in [-0.3, -0.25) is 4.79 Å². The van der Waals surface area contributed by atoms with E-state index in [1.54, 1.807) is 7.05 Å². The maximum Gasteiger partial charge on any atom is 0.232 e. The summed E-state index contributed by atoms with van der Waals surface area (Å²) in [5.74, 6) is -0.153. The van der Waals surface area contributed by atoms with Crippen LogP contribution in [0.5, 0.6) is 0 Å². The molecule has 0 N–H and O–H groups in total. The number of likely N-dealkylation sites (N-methyl/N-ethyl adjacent to an activating group) is 1. The standard InChI is InChI=1S/C34H48Cl2N2O4SSi/c1-7-18-34(24-42-19-20-44(4,5)6)22-31(26-10-9-11-28(36)21-26)32(25-12-14-27(35)15-13-25)38(33(34)39)29(8-2)23-37(3)43(40,41)30-16-17-30/h7,9-15,21,29-32H,1,8,16-20,22-24H2,2-6H3/t29?,31-,32-,34+/m1/s1. The zero-order chi connectivity index (χ0) is 32.3. The molecule has 1 amide bonds.